The molecule has 0 aliphatic rings. The summed E-state index contributed by atoms with van der Waals surface area (Å²) in [5.74, 6) is 0.446. The third kappa shape index (κ3) is 5.06. The van der Waals surface area contributed by atoms with Crippen LogP contribution in [-0.4, -0.2) is 28.0 Å². The topological polar surface area (TPSA) is 50.1 Å². The third-order valence-corrected chi connectivity index (χ3v) is 4.48. The normalized spacial score (nSPS) is 12.6. The standard InChI is InChI=1S/C18H26ClN3O/c1-13-4-6-16(7-5-13)12-22-18(19)17(15(3)21-22)11-20-10-14(2)8-9-23/h4-7,14,20,23H,8-12H2,1-3H3. The number of hydrogen-bond acceptors (Lipinski definition) is 3. The van der Waals surface area contributed by atoms with Gasteiger partial charge in [-0.05, 0) is 38.3 Å². The molecule has 4 nitrogen and oxygen atoms in total. The monoisotopic (exact) mass is 335 g/mol. The maximum absolute atomic E-state index is 8.94. The molecule has 2 N–H and O–H groups in total. The van der Waals surface area contributed by atoms with E-state index in [1.54, 1.807) is 0 Å². The minimum absolute atomic E-state index is 0.233. The van der Waals surface area contributed by atoms with E-state index in [-0.39, 0.29) is 6.61 Å². The van der Waals surface area contributed by atoms with E-state index >= 15 is 0 Å². The van der Waals surface area contributed by atoms with Crippen LogP contribution >= 0.6 is 11.6 Å². The highest BCUT2D eigenvalue weighted by molar-refractivity contribution is 6.30. The Balaban J connectivity index is 1.99. The van der Waals surface area contributed by atoms with Gasteiger partial charge in [0.1, 0.15) is 5.15 Å². The summed E-state index contributed by atoms with van der Waals surface area (Å²) in [7, 11) is 0. The summed E-state index contributed by atoms with van der Waals surface area (Å²) in [5, 5.41) is 17.6. The zero-order valence-corrected chi connectivity index (χ0v) is 14.9. The molecule has 0 bridgehead atoms. The second-order valence-corrected chi connectivity index (χ2v) is 6.60. The van der Waals surface area contributed by atoms with E-state index in [1.165, 1.54) is 11.1 Å². The molecule has 0 aliphatic heterocycles. The smallest absolute Gasteiger partial charge is 0.132 e. The molecule has 23 heavy (non-hydrogen) atoms. The summed E-state index contributed by atoms with van der Waals surface area (Å²) in [6.07, 6.45) is 0.812. The van der Waals surface area contributed by atoms with E-state index < -0.39 is 0 Å². The fourth-order valence-corrected chi connectivity index (χ4v) is 2.83. The van der Waals surface area contributed by atoms with Crippen LogP contribution in [0.5, 0.6) is 0 Å². The lowest BCUT2D eigenvalue weighted by Crippen LogP contribution is -2.21. The molecule has 0 amide bonds. The molecular formula is C18H26ClN3O. The summed E-state index contributed by atoms with van der Waals surface area (Å²) < 4.78 is 1.86. The molecule has 1 heterocycles. The molecule has 0 spiro atoms. The van der Waals surface area contributed by atoms with Gasteiger partial charge >= 0.3 is 0 Å². The fraction of sp³-hybridized carbons (Fsp3) is 0.500. The first-order valence-corrected chi connectivity index (χ1v) is 8.48. The quantitative estimate of drug-likeness (QED) is 0.778. The van der Waals surface area contributed by atoms with E-state index in [9.17, 15) is 0 Å². The summed E-state index contributed by atoms with van der Waals surface area (Å²) in [6, 6.07) is 8.42. The van der Waals surface area contributed by atoms with Crippen LogP contribution in [0.1, 0.15) is 35.7 Å². The van der Waals surface area contributed by atoms with Crippen LogP contribution < -0.4 is 5.32 Å². The van der Waals surface area contributed by atoms with Crippen molar-refractivity contribution in [3.63, 3.8) is 0 Å². The largest absolute Gasteiger partial charge is 0.396 e. The average Bonchev–Trinajstić information content (AvgIpc) is 2.77. The van der Waals surface area contributed by atoms with Crippen LogP contribution in [-0.2, 0) is 13.1 Å². The van der Waals surface area contributed by atoms with Gasteiger partial charge in [-0.1, -0.05) is 48.4 Å². The van der Waals surface area contributed by atoms with Gasteiger partial charge in [-0.25, -0.2) is 4.68 Å². The summed E-state index contributed by atoms with van der Waals surface area (Å²) in [5.41, 5.74) is 4.45. The van der Waals surface area contributed by atoms with E-state index in [2.05, 4.69) is 48.5 Å². The zero-order valence-electron chi connectivity index (χ0n) is 14.1. The van der Waals surface area contributed by atoms with Gasteiger partial charge in [0.15, 0.2) is 0 Å². The highest BCUT2D eigenvalue weighted by Crippen LogP contribution is 2.21. The maximum Gasteiger partial charge on any atom is 0.132 e. The molecule has 5 heteroatoms. The van der Waals surface area contributed by atoms with Crippen LogP contribution in [0.3, 0.4) is 0 Å². The minimum Gasteiger partial charge on any atom is -0.396 e. The van der Waals surface area contributed by atoms with Crippen molar-refractivity contribution in [3.8, 4) is 0 Å². The minimum atomic E-state index is 0.233. The highest BCUT2D eigenvalue weighted by Gasteiger charge is 2.13. The van der Waals surface area contributed by atoms with Crippen molar-refractivity contribution in [1.29, 1.82) is 0 Å². The Bertz CT molecular complexity index is 622. The van der Waals surface area contributed by atoms with Crippen molar-refractivity contribution in [2.24, 2.45) is 5.92 Å². The van der Waals surface area contributed by atoms with Crippen molar-refractivity contribution in [1.82, 2.24) is 15.1 Å². The average molecular weight is 336 g/mol. The van der Waals surface area contributed by atoms with E-state index in [4.69, 9.17) is 16.7 Å². The van der Waals surface area contributed by atoms with Crippen molar-refractivity contribution < 1.29 is 5.11 Å². The first-order chi connectivity index (χ1) is 11.0. The number of nitrogens with one attached hydrogen (secondary N) is 1. The predicted molar refractivity (Wildman–Crippen MR) is 94.8 cm³/mol. The van der Waals surface area contributed by atoms with Crippen LogP contribution in [0.25, 0.3) is 0 Å². The third-order valence-electron chi connectivity index (χ3n) is 4.05. The highest BCUT2D eigenvalue weighted by atomic mass is 35.5. The molecule has 0 aliphatic carbocycles. The number of rotatable bonds is 8. The second kappa shape index (κ2) is 8.48. The van der Waals surface area contributed by atoms with Crippen molar-refractivity contribution >= 4 is 11.6 Å². The van der Waals surface area contributed by atoms with Gasteiger partial charge in [-0.3, -0.25) is 0 Å². The molecule has 0 saturated heterocycles. The molecular weight excluding hydrogens is 310 g/mol. The number of aromatic nitrogens is 2. The molecule has 0 saturated carbocycles. The first kappa shape index (κ1) is 18.0. The second-order valence-electron chi connectivity index (χ2n) is 6.25. The first-order valence-electron chi connectivity index (χ1n) is 8.10. The lowest BCUT2D eigenvalue weighted by Gasteiger charge is -2.11. The van der Waals surface area contributed by atoms with Crippen molar-refractivity contribution in [3.05, 3.63) is 51.8 Å². The SMILES string of the molecule is Cc1ccc(Cn2nc(C)c(CNCC(C)CCO)c2Cl)cc1. The molecule has 0 radical (unpaired) electrons. The van der Waals surface area contributed by atoms with E-state index in [0.717, 1.165) is 24.2 Å². The molecule has 126 valence electrons. The van der Waals surface area contributed by atoms with Crippen molar-refractivity contribution in [2.75, 3.05) is 13.2 Å². The molecule has 2 rings (SSSR count). The van der Waals surface area contributed by atoms with E-state index in [1.807, 2.05) is 11.6 Å². The molecule has 1 unspecified atom stereocenters. The van der Waals surface area contributed by atoms with Crippen LogP contribution in [0, 0.1) is 19.8 Å². The summed E-state index contributed by atoms with van der Waals surface area (Å²) in [4.78, 5) is 0. The molecule has 1 aromatic carbocycles. The van der Waals surface area contributed by atoms with Gasteiger partial charge in [0, 0.05) is 18.7 Å². The number of halogens is 1. The number of nitrogens with zero attached hydrogens (tertiary/aromatic N) is 2. The molecule has 2 aromatic rings. The number of aliphatic hydroxyl groups is 1. The Morgan fingerprint density at radius 1 is 1.26 bits per heavy atom. The Morgan fingerprint density at radius 3 is 2.61 bits per heavy atom. The number of aryl methyl sites for hydroxylation is 2. The summed E-state index contributed by atoms with van der Waals surface area (Å²) >= 11 is 6.51. The fourth-order valence-electron chi connectivity index (χ4n) is 2.53. The van der Waals surface area contributed by atoms with Gasteiger partial charge in [0.25, 0.3) is 0 Å². The summed E-state index contributed by atoms with van der Waals surface area (Å²) in [6.45, 7) is 8.67. The van der Waals surface area contributed by atoms with Crippen LogP contribution in [0.15, 0.2) is 24.3 Å². The van der Waals surface area contributed by atoms with Crippen LogP contribution in [0.2, 0.25) is 5.15 Å². The number of benzene rings is 1. The van der Waals surface area contributed by atoms with E-state index in [0.29, 0.717) is 24.2 Å². The number of aliphatic hydroxyl groups excluding tert-OH is 1. The Hall–Kier alpha value is -1.36. The van der Waals surface area contributed by atoms with Crippen LogP contribution in [0.4, 0.5) is 0 Å². The molecule has 1 atom stereocenters. The van der Waals surface area contributed by atoms with Gasteiger partial charge in [-0.2, -0.15) is 5.10 Å². The van der Waals surface area contributed by atoms with Gasteiger partial charge in [-0.15, -0.1) is 0 Å². The Labute approximate surface area is 143 Å². The zero-order chi connectivity index (χ0) is 16.8. The Kier molecular flexibility index (Phi) is 6.63. The predicted octanol–water partition coefficient (Wildman–Crippen LogP) is 3.31. The van der Waals surface area contributed by atoms with Gasteiger partial charge < -0.3 is 10.4 Å². The molecule has 0 fully saturated rings. The lowest BCUT2D eigenvalue weighted by atomic mass is 10.1. The van der Waals surface area contributed by atoms with Gasteiger partial charge in [0.2, 0.25) is 0 Å². The maximum atomic E-state index is 8.94. The molecule has 1 aromatic heterocycles. The Morgan fingerprint density at radius 2 is 1.96 bits per heavy atom. The van der Waals surface area contributed by atoms with Gasteiger partial charge in [0.05, 0.1) is 12.2 Å². The number of hydrogen-bond donors (Lipinski definition) is 2. The lowest BCUT2D eigenvalue weighted by molar-refractivity contribution is 0.260. The van der Waals surface area contributed by atoms with Crippen molar-refractivity contribution in [2.45, 2.75) is 40.3 Å².